The van der Waals surface area contributed by atoms with Crippen molar-refractivity contribution in [3.8, 4) is 5.75 Å². The van der Waals surface area contributed by atoms with Gasteiger partial charge in [0.15, 0.2) is 15.9 Å². The Kier molecular flexibility index (Phi) is 12.3. The predicted octanol–water partition coefficient (Wildman–Crippen LogP) is 8.87. The monoisotopic (exact) mass is 556 g/mol. The fourth-order valence-corrected chi connectivity index (χ4v) is 5.11. The van der Waals surface area contributed by atoms with E-state index in [0.29, 0.717) is 11.8 Å². The van der Waals surface area contributed by atoms with Crippen LogP contribution < -0.4 is 5.43 Å². The number of carbonyl (C=O) groups is 1. The molecule has 1 N–H and O–H groups in total. The molecular weight excluding hydrogens is 515 g/mol. The highest BCUT2D eigenvalue weighted by Crippen LogP contribution is 2.56. The van der Waals surface area contributed by atoms with Gasteiger partial charge in [-0.2, -0.15) is 0 Å². The van der Waals surface area contributed by atoms with Crippen molar-refractivity contribution in [1.82, 2.24) is 0 Å². The molecule has 0 bridgehead atoms. The molecule has 0 radical (unpaired) electrons. The minimum atomic E-state index is -1.12. The molecule has 0 amide bonds. The first-order valence-corrected chi connectivity index (χ1v) is 14.2. The summed E-state index contributed by atoms with van der Waals surface area (Å²) < 4.78 is -1.12. The van der Waals surface area contributed by atoms with E-state index in [9.17, 15) is 9.59 Å². The zero-order valence-corrected chi connectivity index (χ0v) is 25.0. The van der Waals surface area contributed by atoms with Crippen molar-refractivity contribution in [1.29, 1.82) is 0 Å². The number of rotatable bonds is 3. The molecule has 2 atom stereocenters. The van der Waals surface area contributed by atoms with Crippen LogP contribution in [0.2, 0.25) is 0 Å². The van der Waals surface area contributed by atoms with Gasteiger partial charge in [-0.15, -0.1) is 0 Å². The first kappa shape index (κ1) is 31.9. The Hall–Kier alpha value is -2.36. The highest BCUT2D eigenvalue weighted by molar-refractivity contribution is 6.61. The van der Waals surface area contributed by atoms with Crippen LogP contribution in [0.3, 0.4) is 0 Å². The smallest absolute Gasteiger partial charge is 0.220 e. The third kappa shape index (κ3) is 8.85. The molecule has 2 unspecified atom stereocenters. The number of allylic oxidation sites excluding steroid dienone is 10. The van der Waals surface area contributed by atoms with Crippen molar-refractivity contribution in [2.24, 2.45) is 23.7 Å². The summed E-state index contributed by atoms with van der Waals surface area (Å²) in [5, 5.41) is 9.07. The first-order chi connectivity index (χ1) is 17.9. The maximum Gasteiger partial charge on any atom is 0.220 e. The highest BCUT2D eigenvalue weighted by atomic mass is 35.5. The first-order valence-electron chi connectivity index (χ1n) is 13.5. The van der Waals surface area contributed by atoms with E-state index in [2.05, 4.69) is 76.3 Å². The van der Waals surface area contributed by atoms with Crippen LogP contribution in [0.4, 0.5) is 0 Å². The maximum atomic E-state index is 11.4. The number of Topliss-reactive ketones (excluding diaryl/α,β-unsaturated/α-hetero) is 1. The average molecular weight is 558 g/mol. The van der Waals surface area contributed by atoms with Crippen molar-refractivity contribution in [2.45, 2.75) is 71.1 Å². The topological polar surface area (TPSA) is 54.4 Å². The molecule has 5 rings (SSSR count). The Morgan fingerprint density at radius 3 is 1.92 bits per heavy atom. The van der Waals surface area contributed by atoms with Crippen molar-refractivity contribution >= 4 is 29.0 Å². The van der Waals surface area contributed by atoms with Crippen LogP contribution in [0.25, 0.3) is 0 Å². The number of aromatic hydroxyl groups is 1. The van der Waals surface area contributed by atoms with Gasteiger partial charge in [0.25, 0.3) is 0 Å². The molecular formula is C33H42Cl2O3. The summed E-state index contributed by atoms with van der Waals surface area (Å²) in [6.07, 6.45) is 20.2. The van der Waals surface area contributed by atoms with E-state index in [1.165, 1.54) is 24.1 Å². The van der Waals surface area contributed by atoms with E-state index >= 15 is 0 Å². The largest absolute Gasteiger partial charge is 0.504 e. The van der Waals surface area contributed by atoms with Gasteiger partial charge in [-0.1, -0.05) is 137 Å². The minimum Gasteiger partial charge on any atom is -0.504 e. The quantitative estimate of drug-likeness (QED) is 0.298. The Morgan fingerprint density at radius 1 is 0.868 bits per heavy atom. The Balaban J connectivity index is 0.000000187. The highest BCUT2D eigenvalue weighted by Gasteiger charge is 2.61. The third-order valence-corrected chi connectivity index (χ3v) is 7.94. The van der Waals surface area contributed by atoms with Gasteiger partial charge in [-0.25, -0.2) is 0 Å². The molecule has 1 fully saturated rings. The molecule has 0 heterocycles. The Morgan fingerprint density at radius 2 is 1.50 bits per heavy atom. The molecule has 1 aromatic carbocycles. The van der Waals surface area contributed by atoms with Crippen LogP contribution in [0, 0.1) is 23.7 Å². The van der Waals surface area contributed by atoms with Crippen LogP contribution in [0.1, 0.15) is 72.3 Å². The van der Waals surface area contributed by atoms with Crippen LogP contribution >= 0.6 is 23.2 Å². The van der Waals surface area contributed by atoms with Gasteiger partial charge in [-0.3, -0.25) is 9.59 Å². The molecule has 206 valence electrons. The van der Waals surface area contributed by atoms with Gasteiger partial charge in [0.1, 0.15) is 0 Å². The minimum absolute atomic E-state index is 0.00716. The van der Waals surface area contributed by atoms with E-state index in [-0.39, 0.29) is 28.8 Å². The lowest BCUT2D eigenvalue weighted by atomic mass is 9.73. The SMILES string of the molecule is C1=CCC=C1.CC(C)C1=CC2C(C1)C(=O)C2(Cl)Cl.CC(C)C1=CC=CC1.CC(C)c1cccc(O)c(=O)c1. The lowest BCUT2D eigenvalue weighted by Gasteiger charge is -2.40. The molecule has 1 aromatic rings. The van der Waals surface area contributed by atoms with Crippen molar-refractivity contribution in [2.75, 3.05) is 0 Å². The van der Waals surface area contributed by atoms with Gasteiger partial charge in [-0.05, 0) is 54.7 Å². The summed E-state index contributed by atoms with van der Waals surface area (Å²) in [6.45, 7) is 12.7. The number of ketones is 1. The van der Waals surface area contributed by atoms with E-state index in [0.717, 1.165) is 24.3 Å². The second-order valence-corrected chi connectivity index (χ2v) is 12.3. The summed E-state index contributed by atoms with van der Waals surface area (Å²) in [5.41, 5.74) is 3.51. The number of halogens is 2. The second-order valence-electron chi connectivity index (χ2n) is 10.9. The van der Waals surface area contributed by atoms with E-state index in [1.807, 2.05) is 19.9 Å². The molecule has 0 aromatic heterocycles. The lowest BCUT2D eigenvalue weighted by Crippen LogP contribution is -2.53. The molecule has 5 heteroatoms. The lowest BCUT2D eigenvalue weighted by molar-refractivity contribution is -0.132. The Bertz CT molecular complexity index is 1160. The number of fused-ring (bicyclic) bond motifs is 1. The fourth-order valence-electron chi connectivity index (χ4n) is 4.40. The van der Waals surface area contributed by atoms with Gasteiger partial charge < -0.3 is 5.11 Å². The number of hydrogen-bond donors (Lipinski definition) is 1. The maximum absolute atomic E-state index is 11.4. The molecule has 1 saturated carbocycles. The van der Waals surface area contributed by atoms with Gasteiger partial charge in [0, 0.05) is 11.8 Å². The summed E-state index contributed by atoms with van der Waals surface area (Å²) in [7, 11) is 0. The van der Waals surface area contributed by atoms with Crippen LogP contribution in [0.5, 0.6) is 5.75 Å². The third-order valence-electron chi connectivity index (χ3n) is 7.06. The fraction of sp³-hybridized carbons (Fsp3) is 0.455. The summed E-state index contributed by atoms with van der Waals surface area (Å²) in [4.78, 5) is 22.5. The summed E-state index contributed by atoms with van der Waals surface area (Å²) in [6, 6.07) is 6.41. The number of carbonyl (C=O) groups excluding carboxylic acids is 1. The van der Waals surface area contributed by atoms with Crippen molar-refractivity contribution in [3.63, 3.8) is 0 Å². The molecule has 0 saturated heterocycles. The van der Waals surface area contributed by atoms with E-state index in [1.54, 1.807) is 11.6 Å². The predicted molar refractivity (Wildman–Crippen MR) is 162 cm³/mol. The molecule has 4 aliphatic carbocycles. The zero-order valence-electron chi connectivity index (χ0n) is 23.5. The normalized spacial score (nSPS) is 21.5. The number of alkyl halides is 2. The summed E-state index contributed by atoms with van der Waals surface area (Å²) >= 11 is 11.8. The second kappa shape index (κ2) is 14.7. The van der Waals surface area contributed by atoms with Crippen LogP contribution in [-0.4, -0.2) is 15.2 Å². The Labute approximate surface area is 238 Å². The molecule has 38 heavy (non-hydrogen) atoms. The van der Waals surface area contributed by atoms with Crippen LogP contribution in [0.15, 0.2) is 88.8 Å². The molecule has 0 spiro atoms. The molecule has 3 nitrogen and oxygen atoms in total. The van der Waals surface area contributed by atoms with E-state index < -0.39 is 4.33 Å². The molecule has 4 aliphatic rings. The van der Waals surface area contributed by atoms with Gasteiger partial charge >= 0.3 is 0 Å². The van der Waals surface area contributed by atoms with E-state index in [4.69, 9.17) is 28.3 Å². The molecule has 0 aliphatic heterocycles. The average Bonchev–Trinajstić information content (AvgIpc) is 3.64. The van der Waals surface area contributed by atoms with Crippen LogP contribution in [-0.2, 0) is 4.79 Å². The van der Waals surface area contributed by atoms with Gasteiger partial charge in [0.2, 0.25) is 5.43 Å². The number of hydrogen-bond acceptors (Lipinski definition) is 3. The zero-order chi connectivity index (χ0) is 28.5. The van der Waals surface area contributed by atoms with Crippen molar-refractivity contribution in [3.05, 3.63) is 99.8 Å². The summed E-state index contributed by atoms with van der Waals surface area (Å²) in [5.74, 6) is 1.51. The standard InChI is InChI=1S/C10H12Cl2O.C10H12O2.C8H12.C5H6/c1-5(2)6-3-7-8(4-6)10(11,12)9(7)13;1-7(2)8-4-3-5-9(11)10(12)6-8;1-7(2)8-5-3-4-6-8;1-2-4-5-3-1/h4-5,7-8H,3H2,1-2H3;3-7H,1-2H3,(H,11,12);3-5,7H,6H2,1-2H3;1-4H,5H2. The van der Waals surface area contributed by atoms with Gasteiger partial charge in [0.05, 0.1) is 0 Å². The van der Waals surface area contributed by atoms with Crippen molar-refractivity contribution < 1.29 is 9.90 Å².